The molecule has 0 aromatic carbocycles. The highest BCUT2D eigenvalue weighted by Gasteiger charge is 2.67. The summed E-state index contributed by atoms with van der Waals surface area (Å²) in [7, 11) is -4.57. The number of hydrogen-bond donors (Lipinski definition) is 0. The van der Waals surface area contributed by atoms with Crippen molar-refractivity contribution in [3.8, 4) is 0 Å². The molecule has 2 bridgehead atoms. The summed E-state index contributed by atoms with van der Waals surface area (Å²) in [5.74, 6) is 0.00952. The highest BCUT2D eigenvalue weighted by atomic mass is 32.2. The molecule has 0 aliphatic heterocycles. The number of carbonyl (C=O) groups excluding carboxylic acids is 2. The van der Waals surface area contributed by atoms with Gasteiger partial charge in [-0.05, 0) is 55.0 Å². The van der Waals surface area contributed by atoms with Gasteiger partial charge in [0.25, 0.3) is 0 Å². The molecule has 7 heteroatoms. The predicted octanol–water partition coefficient (Wildman–Crippen LogP) is 5.84. The SMILES string of the molecule is CSC[C@@]1(O[Si](C)(C)C(C)(C)C)C(=O)[C@@]2(O[Si](C)(C)C(C)(C)C)C=C[C@@H]1C[C@H]2C=O. The Morgan fingerprint density at radius 2 is 1.57 bits per heavy atom. The number of Topliss-reactive ketones (excluding diaryl/α,β-unsaturated/α-hetero) is 1. The van der Waals surface area contributed by atoms with Crippen molar-refractivity contribution < 1.29 is 18.4 Å². The van der Waals surface area contributed by atoms with Gasteiger partial charge in [0.1, 0.15) is 17.5 Å². The molecule has 0 saturated heterocycles. The Labute approximate surface area is 190 Å². The van der Waals surface area contributed by atoms with Crippen LogP contribution in [-0.2, 0) is 18.4 Å². The van der Waals surface area contributed by atoms with Crippen LogP contribution in [0.2, 0.25) is 36.3 Å². The second kappa shape index (κ2) is 7.97. The minimum Gasteiger partial charge on any atom is -0.403 e. The molecule has 4 nitrogen and oxygen atoms in total. The van der Waals surface area contributed by atoms with Gasteiger partial charge in [0.15, 0.2) is 22.4 Å². The number of rotatable bonds is 7. The second-order valence-corrected chi connectivity index (χ2v) is 22.4. The van der Waals surface area contributed by atoms with Crippen LogP contribution in [0.5, 0.6) is 0 Å². The van der Waals surface area contributed by atoms with Gasteiger partial charge in [-0.1, -0.05) is 47.6 Å². The zero-order chi connectivity index (χ0) is 23.4. The van der Waals surface area contributed by atoms with E-state index in [4.69, 9.17) is 8.85 Å². The first-order valence-electron chi connectivity index (χ1n) is 11.0. The molecule has 1 saturated carbocycles. The van der Waals surface area contributed by atoms with Crippen molar-refractivity contribution in [3.05, 3.63) is 12.2 Å². The summed E-state index contributed by atoms with van der Waals surface area (Å²) < 4.78 is 13.8. The number of fused-ring (bicyclic) bond motifs is 2. The van der Waals surface area contributed by atoms with Gasteiger partial charge in [-0.2, -0.15) is 11.8 Å². The van der Waals surface area contributed by atoms with Gasteiger partial charge in [-0.15, -0.1) is 0 Å². The van der Waals surface area contributed by atoms with E-state index in [0.29, 0.717) is 12.2 Å². The molecule has 0 heterocycles. The van der Waals surface area contributed by atoms with Crippen LogP contribution in [0.4, 0.5) is 0 Å². The molecule has 3 aliphatic carbocycles. The average molecular weight is 471 g/mol. The third-order valence-electron chi connectivity index (χ3n) is 7.97. The molecule has 1 fully saturated rings. The third kappa shape index (κ3) is 4.09. The molecule has 0 unspecified atom stereocenters. The van der Waals surface area contributed by atoms with Crippen LogP contribution in [0, 0.1) is 11.8 Å². The van der Waals surface area contributed by atoms with E-state index < -0.39 is 33.8 Å². The second-order valence-electron chi connectivity index (χ2n) is 12.1. The lowest BCUT2D eigenvalue weighted by Crippen LogP contribution is -2.73. The van der Waals surface area contributed by atoms with Gasteiger partial charge in [0, 0.05) is 11.7 Å². The molecule has 0 spiro atoms. The van der Waals surface area contributed by atoms with E-state index >= 15 is 0 Å². The van der Waals surface area contributed by atoms with Gasteiger partial charge in [-0.25, -0.2) is 0 Å². The fourth-order valence-electron chi connectivity index (χ4n) is 4.03. The van der Waals surface area contributed by atoms with Crippen LogP contribution in [0.3, 0.4) is 0 Å². The fraction of sp³-hybridized carbons (Fsp3) is 0.826. The highest BCUT2D eigenvalue weighted by Crippen LogP contribution is 2.55. The zero-order valence-electron chi connectivity index (χ0n) is 20.8. The zero-order valence-corrected chi connectivity index (χ0v) is 23.7. The van der Waals surface area contributed by atoms with Crippen LogP contribution < -0.4 is 0 Å². The smallest absolute Gasteiger partial charge is 0.200 e. The van der Waals surface area contributed by atoms with Crippen LogP contribution in [0.15, 0.2) is 12.2 Å². The Balaban J connectivity index is 2.64. The summed E-state index contributed by atoms with van der Waals surface area (Å²) in [5, 5.41) is -0.0866. The minimum absolute atomic E-state index is 0.0173. The maximum absolute atomic E-state index is 14.4. The summed E-state index contributed by atoms with van der Waals surface area (Å²) >= 11 is 1.64. The number of ketones is 1. The molecule has 172 valence electrons. The maximum Gasteiger partial charge on any atom is 0.200 e. The summed E-state index contributed by atoms with van der Waals surface area (Å²) in [6, 6.07) is 0. The molecule has 3 aliphatic rings. The standard InChI is InChI=1S/C23H42O4SSi2/c1-20(2,3)29(8,9)26-22-13-12-17(14-18(22)15-24)23(16-28-7,19(22)25)27-30(10,11)21(4,5)6/h12-13,15,17-18H,14,16H2,1-11H3/t17-,18+,22-,23+/m1/s1. The van der Waals surface area contributed by atoms with Crippen molar-refractivity contribution in [1.29, 1.82) is 0 Å². The third-order valence-corrected chi connectivity index (χ3v) is 17.6. The van der Waals surface area contributed by atoms with E-state index in [1.54, 1.807) is 11.8 Å². The highest BCUT2D eigenvalue weighted by molar-refractivity contribution is 7.98. The lowest BCUT2D eigenvalue weighted by molar-refractivity contribution is -0.169. The average Bonchev–Trinajstić information content (AvgIpc) is 2.57. The molecule has 4 atom stereocenters. The van der Waals surface area contributed by atoms with Crippen LogP contribution in [0.25, 0.3) is 0 Å². The first kappa shape index (κ1) is 26.0. The monoisotopic (exact) mass is 470 g/mol. The normalized spacial score (nSPS) is 32.6. The molecular weight excluding hydrogens is 428 g/mol. The molecule has 0 aromatic heterocycles. The lowest BCUT2D eigenvalue weighted by atomic mass is 9.59. The largest absolute Gasteiger partial charge is 0.403 e. The van der Waals surface area contributed by atoms with Crippen molar-refractivity contribution in [3.63, 3.8) is 0 Å². The van der Waals surface area contributed by atoms with E-state index in [1.807, 2.05) is 12.3 Å². The molecule has 0 amide bonds. The summed E-state index contributed by atoms with van der Waals surface area (Å²) in [6.07, 6.45) is 7.58. The molecular formula is C23H42O4SSi2. The Bertz CT molecular complexity index is 720. The van der Waals surface area contributed by atoms with Crippen molar-refractivity contribution in [2.45, 2.75) is 95.4 Å². The maximum atomic E-state index is 14.4. The van der Waals surface area contributed by atoms with Crippen molar-refractivity contribution in [1.82, 2.24) is 0 Å². The van der Waals surface area contributed by atoms with Gasteiger partial charge < -0.3 is 13.6 Å². The number of thioether (sulfide) groups is 1. The molecule has 30 heavy (non-hydrogen) atoms. The molecule has 0 aromatic rings. The Kier molecular flexibility index (Phi) is 6.92. The van der Waals surface area contributed by atoms with Crippen molar-refractivity contribution in [2.24, 2.45) is 11.8 Å². The van der Waals surface area contributed by atoms with E-state index in [2.05, 4.69) is 73.8 Å². The quantitative estimate of drug-likeness (QED) is 0.265. The number of aldehydes is 1. The lowest BCUT2D eigenvalue weighted by Gasteiger charge is -2.59. The number of carbonyl (C=O) groups is 2. The first-order valence-corrected chi connectivity index (χ1v) is 18.2. The van der Waals surface area contributed by atoms with Gasteiger partial charge >= 0.3 is 0 Å². The van der Waals surface area contributed by atoms with Gasteiger partial charge in [0.05, 0.1) is 5.92 Å². The van der Waals surface area contributed by atoms with E-state index in [0.717, 1.165) is 6.29 Å². The van der Waals surface area contributed by atoms with Crippen molar-refractivity contribution >= 4 is 40.5 Å². The Morgan fingerprint density at radius 3 is 2.00 bits per heavy atom. The Hall–Kier alpha value is -0.216. The molecule has 0 N–H and O–H groups in total. The van der Waals surface area contributed by atoms with Gasteiger partial charge in [0.2, 0.25) is 0 Å². The van der Waals surface area contributed by atoms with Gasteiger partial charge in [-0.3, -0.25) is 4.79 Å². The van der Waals surface area contributed by atoms with Crippen LogP contribution in [0.1, 0.15) is 48.0 Å². The predicted molar refractivity (Wildman–Crippen MR) is 132 cm³/mol. The summed E-state index contributed by atoms with van der Waals surface area (Å²) in [4.78, 5) is 26.5. The fourth-order valence-corrected chi connectivity index (χ4v) is 7.97. The van der Waals surface area contributed by atoms with Crippen LogP contribution >= 0.6 is 11.8 Å². The van der Waals surface area contributed by atoms with E-state index in [1.165, 1.54) is 0 Å². The molecule has 3 rings (SSSR count). The van der Waals surface area contributed by atoms with Crippen LogP contribution in [-0.4, -0.2) is 51.9 Å². The summed E-state index contributed by atoms with van der Waals surface area (Å²) in [6.45, 7) is 21.8. The molecule has 0 radical (unpaired) electrons. The number of hydrogen-bond acceptors (Lipinski definition) is 5. The van der Waals surface area contributed by atoms with E-state index in [9.17, 15) is 9.59 Å². The minimum atomic E-state index is -2.32. The topological polar surface area (TPSA) is 52.6 Å². The first-order chi connectivity index (χ1) is 13.4. The van der Waals surface area contributed by atoms with E-state index in [-0.39, 0.29) is 21.8 Å². The van der Waals surface area contributed by atoms with Crippen molar-refractivity contribution in [2.75, 3.05) is 12.0 Å². The summed E-state index contributed by atoms with van der Waals surface area (Å²) in [5.41, 5.74) is -2.14. The Morgan fingerprint density at radius 1 is 1.07 bits per heavy atom.